The Morgan fingerprint density at radius 1 is 1.25 bits per heavy atom. The van der Waals surface area contributed by atoms with Gasteiger partial charge in [0.05, 0.1) is 6.04 Å². The first kappa shape index (κ1) is 17.4. The minimum absolute atomic E-state index is 0.113. The zero-order valence-corrected chi connectivity index (χ0v) is 14.0. The minimum atomic E-state index is -0.113. The number of hydrogen-bond donors (Lipinski definition) is 2. The van der Waals surface area contributed by atoms with Crippen LogP contribution in [0.4, 0.5) is 0 Å². The van der Waals surface area contributed by atoms with Crippen molar-refractivity contribution in [2.24, 2.45) is 5.41 Å². The summed E-state index contributed by atoms with van der Waals surface area (Å²) in [6, 6.07) is 0.286. The average Bonchev–Trinajstić information content (AvgIpc) is 2.35. The maximum Gasteiger partial charge on any atom is 0.237 e. The van der Waals surface area contributed by atoms with E-state index in [0.29, 0.717) is 6.04 Å². The fourth-order valence-corrected chi connectivity index (χ4v) is 3.01. The van der Waals surface area contributed by atoms with Gasteiger partial charge in [0.1, 0.15) is 0 Å². The van der Waals surface area contributed by atoms with E-state index in [2.05, 4.69) is 43.5 Å². The summed E-state index contributed by atoms with van der Waals surface area (Å²) in [5, 5.41) is 6.56. The van der Waals surface area contributed by atoms with E-state index >= 15 is 0 Å². The lowest BCUT2D eigenvalue weighted by atomic mass is 9.92. The first-order valence-electron chi connectivity index (χ1n) is 7.99. The molecule has 0 radical (unpaired) electrons. The van der Waals surface area contributed by atoms with Gasteiger partial charge in [-0.3, -0.25) is 4.79 Å². The second kappa shape index (κ2) is 7.99. The van der Waals surface area contributed by atoms with Crippen molar-refractivity contribution in [1.82, 2.24) is 15.5 Å². The molecule has 0 saturated heterocycles. The van der Waals surface area contributed by atoms with Crippen LogP contribution in [0.25, 0.3) is 0 Å². The largest absolute Gasteiger partial charge is 0.352 e. The molecule has 1 aliphatic carbocycles. The van der Waals surface area contributed by atoms with E-state index in [-0.39, 0.29) is 17.4 Å². The first-order chi connectivity index (χ1) is 9.30. The molecule has 118 valence electrons. The van der Waals surface area contributed by atoms with Gasteiger partial charge in [0, 0.05) is 19.1 Å². The third kappa shape index (κ3) is 6.71. The quantitative estimate of drug-likeness (QED) is 0.751. The molecule has 0 aliphatic heterocycles. The van der Waals surface area contributed by atoms with E-state index in [1.165, 1.54) is 19.3 Å². The highest BCUT2D eigenvalue weighted by atomic mass is 16.2. The van der Waals surface area contributed by atoms with Crippen LogP contribution in [0.1, 0.15) is 52.9 Å². The van der Waals surface area contributed by atoms with Crippen LogP contribution in [0.5, 0.6) is 0 Å². The number of nitrogens with one attached hydrogen (secondary N) is 2. The van der Waals surface area contributed by atoms with Gasteiger partial charge in [-0.1, -0.05) is 33.1 Å². The van der Waals surface area contributed by atoms with Crippen LogP contribution in [0, 0.1) is 5.41 Å². The van der Waals surface area contributed by atoms with Crippen molar-refractivity contribution in [2.45, 2.75) is 65.0 Å². The van der Waals surface area contributed by atoms with E-state index < -0.39 is 0 Å². The highest BCUT2D eigenvalue weighted by Crippen LogP contribution is 2.17. The highest BCUT2D eigenvalue weighted by molar-refractivity contribution is 5.81. The van der Waals surface area contributed by atoms with Crippen LogP contribution in [0.15, 0.2) is 0 Å². The molecule has 1 saturated carbocycles. The molecule has 0 aromatic carbocycles. The third-order valence-electron chi connectivity index (χ3n) is 3.98. The average molecular weight is 283 g/mol. The van der Waals surface area contributed by atoms with Gasteiger partial charge in [0.2, 0.25) is 5.91 Å². The summed E-state index contributed by atoms with van der Waals surface area (Å²) in [7, 11) is 4.17. The predicted octanol–water partition coefficient (Wildman–Crippen LogP) is 2.00. The van der Waals surface area contributed by atoms with Gasteiger partial charge >= 0.3 is 0 Å². The van der Waals surface area contributed by atoms with Crippen LogP contribution < -0.4 is 10.6 Å². The Morgan fingerprint density at radius 2 is 1.85 bits per heavy atom. The molecule has 1 atom stereocenters. The summed E-state index contributed by atoms with van der Waals surface area (Å²) in [6.07, 6.45) is 6.11. The van der Waals surface area contributed by atoms with E-state index in [1.807, 2.05) is 6.92 Å². The van der Waals surface area contributed by atoms with E-state index in [4.69, 9.17) is 0 Å². The van der Waals surface area contributed by atoms with Gasteiger partial charge in [0.25, 0.3) is 0 Å². The van der Waals surface area contributed by atoms with E-state index in [0.717, 1.165) is 25.9 Å². The van der Waals surface area contributed by atoms with Crippen molar-refractivity contribution in [1.29, 1.82) is 0 Å². The van der Waals surface area contributed by atoms with Gasteiger partial charge in [0.15, 0.2) is 0 Å². The molecular weight excluding hydrogens is 250 g/mol. The smallest absolute Gasteiger partial charge is 0.237 e. The lowest BCUT2D eigenvalue weighted by Crippen LogP contribution is -2.49. The predicted molar refractivity (Wildman–Crippen MR) is 84.8 cm³/mol. The third-order valence-corrected chi connectivity index (χ3v) is 3.98. The highest BCUT2D eigenvalue weighted by Gasteiger charge is 2.23. The summed E-state index contributed by atoms with van der Waals surface area (Å²) >= 11 is 0. The second-order valence-corrected chi connectivity index (χ2v) is 7.35. The molecule has 1 aliphatic rings. The zero-order chi connectivity index (χ0) is 15.2. The Bertz CT molecular complexity index is 296. The normalized spacial score (nSPS) is 19.1. The SMILES string of the molecule is CC(NCC(C)(C)CN(C)C)C(=O)NC1CCCCC1. The fourth-order valence-electron chi connectivity index (χ4n) is 3.01. The first-order valence-corrected chi connectivity index (χ1v) is 7.99. The molecule has 0 spiro atoms. The molecule has 1 fully saturated rings. The Hall–Kier alpha value is -0.610. The molecule has 1 unspecified atom stereocenters. The van der Waals surface area contributed by atoms with Gasteiger partial charge in [-0.2, -0.15) is 0 Å². The van der Waals surface area contributed by atoms with Gasteiger partial charge in [-0.05, 0) is 39.3 Å². The molecule has 20 heavy (non-hydrogen) atoms. The van der Waals surface area contributed by atoms with Crippen LogP contribution in [0.2, 0.25) is 0 Å². The second-order valence-electron chi connectivity index (χ2n) is 7.35. The topological polar surface area (TPSA) is 44.4 Å². The molecule has 1 rings (SSSR count). The summed E-state index contributed by atoms with van der Waals surface area (Å²) < 4.78 is 0. The lowest BCUT2D eigenvalue weighted by Gasteiger charge is -2.30. The van der Waals surface area contributed by atoms with Crippen LogP contribution in [0.3, 0.4) is 0 Å². The Morgan fingerprint density at radius 3 is 2.40 bits per heavy atom. The summed E-state index contributed by atoms with van der Waals surface area (Å²) in [4.78, 5) is 14.4. The van der Waals surface area contributed by atoms with Gasteiger partial charge in [-0.15, -0.1) is 0 Å². The van der Waals surface area contributed by atoms with Crippen LogP contribution in [-0.4, -0.2) is 50.1 Å². The lowest BCUT2D eigenvalue weighted by molar-refractivity contribution is -0.123. The number of carbonyl (C=O) groups excluding carboxylic acids is 1. The fraction of sp³-hybridized carbons (Fsp3) is 0.938. The number of amides is 1. The molecule has 0 aromatic rings. The molecular formula is C16H33N3O. The number of hydrogen-bond acceptors (Lipinski definition) is 3. The number of carbonyl (C=O) groups is 1. The van der Waals surface area contributed by atoms with E-state index in [9.17, 15) is 4.79 Å². The van der Waals surface area contributed by atoms with Crippen LogP contribution in [-0.2, 0) is 4.79 Å². The maximum atomic E-state index is 12.2. The molecule has 2 N–H and O–H groups in total. The molecule has 1 amide bonds. The van der Waals surface area contributed by atoms with Crippen molar-refractivity contribution in [3.63, 3.8) is 0 Å². The minimum Gasteiger partial charge on any atom is -0.352 e. The summed E-state index contributed by atoms with van der Waals surface area (Å²) in [6.45, 7) is 8.28. The van der Waals surface area contributed by atoms with Crippen LogP contribution >= 0.6 is 0 Å². The van der Waals surface area contributed by atoms with Crippen molar-refractivity contribution in [2.75, 3.05) is 27.2 Å². The monoisotopic (exact) mass is 283 g/mol. The number of nitrogens with zero attached hydrogens (tertiary/aromatic N) is 1. The van der Waals surface area contributed by atoms with Crippen molar-refractivity contribution in [3.05, 3.63) is 0 Å². The number of rotatable bonds is 7. The van der Waals surface area contributed by atoms with Gasteiger partial charge < -0.3 is 15.5 Å². The Labute approximate surface area is 124 Å². The summed E-state index contributed by atoms with van der Waals surface area (Å²) in [5.41, 5.74) is 0.170. The van der Waals surface area contributed by atoms with Gasteiger partial charge in [-0.25, -0.2) is 0 Å². The van der Waals surface area contributed by atoms with Crippen molar-refractivity contribution >= 4 is 5.91 Å². The maximum absolute atomic E-state index is 12.2. The Balaban J connectivity index is 2.30. The molecule has 4 heteroatoms. The van der Waals surface area contributed by atoms with E-state index in [1.54, 1.807) is 0 Å². The zero-order valence-electron chi connectivity index (χ0n) is 14.0. The molecule has 0 heterocycles. The Kier molecular flexibility index (Phi) is 6.96. The molecule has 0 aromatic heterocycles. The summed E-state index contributed by atoms with van der Waals surface area (Å²) in [5.74, 6) is 0.151. The van der Waals surface area contributed by atoms with Crippen molar-refractivity contribution < 1.29 is 4.79 Å². The van der Waals surface area contributed by atoms with Crippen molar-refractivity contribution in [3.8, 4) is 0 Å². The standard InChI is InChI=1S/C16H33N3O/c1-13(17-11-16(2,3)12-19(4)5)15(20)18-14-9-7-6-8-10-14/h13-14,17H,6-12H2,1-5H3,(H,18,20). The molecule has 4 nitrogen and oxygen atoms in total. The molecule has 0 bridgehead atoms.